The first-order chi connectivity index (χ1) is 12.1. The summed E-state index contributed by atoms with van der Waals surface area (Å²) < 4.78 is 7.18. The van der Waals surface area contributed by atoms with Gasteiger partial charge in [-0.25, -0.2) is 4.98 Å². The van der Waals surface area contributed by atoms with Crippen molar-refractivity contribution in [2.75, 3.05) is 12.4 Å². The van der Waals surface area contributed by atoms with Crippen molar-refractivity contribution in [3.8, 4) is 11.4 Å². The van der Waals surface area contributed by atoms with Crippen LogP contribution in [0, 0.1) is 13.8 Å². The average molecular weight is 373 g/mol. The highest BCUT2D eigenvalue weighted by Crippen LogP contribution is 2.29. The summed E-state index contributed by atoms with van der Waals surface area (Å²) in [5.74, 6) is 1.48. The number of aromatic nitrogens is 2. The zero-order chi connectivity index (χ0) is 18.0. The molecule has 0 fully saturated rings. The Morgan fingerprint density at radius 2 is 2.04 bits per heavy atom. The molecule has 0 atom stereocenters. The Morgan fingerprint density at radius 1 is 1.32 bits per heavy atom. The Hall–Kier alpha value is -2.05. The predicted octanol–water partition coefficient (Wildman–Crippen LogP) is 4.74. The third kappa shape index (κ3) is 3.37. The summed E-state index contributed by atoms with van der Waals surface area (Å²) in [6, 6.07) is 7.55. The molecule has 130 valence electrons. The lowest BCUT2D eigenvalue weighted by molar-refractivity contribution is 0.340. The second kappa shape index (κ2) is 7.45. The molecule has 2 aromatic heterocycles. The molecule has 1 aromatic carbocycles. The number of nitrogens with zero attached hydrogens (tertiary/aromatic N) is 2. The third-order valence-electron chi connectivity index (χ3n) is 3.91. The Morgan fingerprint density at radius 3 is 2.68 bits per heavy atom. The van der Waals surface area contributed by atoms with Gasteiger partial charge in [0.2, 0.25) is 0 Å². The highest BCUT2D eigenvalue weighted by Gasteiger charge is 2.17. The molecule has 0 radical (unpaired) electrons. The van der Waals surface area contributed by atoms with Crippen molar-refractivity contribution in [3.05, 3.63) is 57.7 Å². The van der Waals surface area contributed by atoms with E-state index in [9.17, 15) is 4.79 Å². The zero-order valence-electron chi connectivity index (χ0n) is 14.5. The van der Waals surface area contributed by atoms with E-state index in [1.165, 1.54) is 11.8 Å². The molecule has 0 aliphatic heterocycles. The maximum Gasteiger partial charge on any atom is 0.267 e. The molecule has 0 N–H and O–H groups in total. The first-order valence-corrected chi connectivity index (χ1v) is 9.86. The van der Waals surface area contributed by atoms with Gasteiger partial charge in [0.15, 0.2) is 5.16 Å². The van der Waals surface area contributed by atoms with E-state index >= 15 is 0 Å². The number of fused-ring (bicyclic) bond motifs is 1. The van der Waals surface area contributed by atoms with Crippen molar-refractivity contribution in [2.24, 2.45) is 0 Å². The smallest absolute Gasteiger partial charge is 0.267 e. The number of hydrogen-bond acceptors (Lipinski definition) is 5. The first-order valence-electron chi connectivity index (χ1n) is 8.06. The van der Waals surface area contributed by atoms with Gasteiger partial charge in [-0.05, 0) is 50.6 Å². The zero-order valence-corrected chi connectivity index (χ0v) is 16.2. The van der Waals surface area contributed by atoms with Gasteiger partial charge in [-0.2, -0.15) is 0 Å². The molecule has 3 aromatic rings. The number of hydrogen-bond donors (Lipinski definition) is 0. The minimum Gasteiger partial charge on any atom is -0.494 e. The molecule has 0 saturated carbocycles. The van der Waals surface area contributed by atoms with Crippen LogP contribution >= 0.6 is 23.1 Å². The molecular formula is C19H20N2O2S2. The van der Waals surface area contributed by atoms with Crippen molar-refractivity contribution in [2.45, 2.75) is 25.9 Å². The van der Waals surface area contributed by atoms with E-state index in [1.54, 1.807) is 15.9 Å². The van der Waals surface area contributed by atoms with Crippen LogP contribution in [0.15, 0.2) is 46.9 Å². The van der Waals surface area contributed by atoms with Gasteiger partial charge < -0.3 is 4.74 Å². The van der Waals surface area contributed by atoms with Crippen LogP contribution in [0.3, 0.4) is 0 Å². The van der Waals surface area contributed by atoms with E-state index in [-0.39, 0.29) is 5.56 Å². The predicted molar refractivity (Wildman–Crippen MR) is 107 cm³/mol. The summed E-state index contributed by atoms with van der Waals surface area (Å²) >= 11 is 3.08. The summed E-state index contributed by atoms with van der Waals surface area (Å²) in [4.78, 5) is 19.9. The largest absolute Gasteiger partial charge is 0.494 e. The Kier molecular flexibility index (Phi) is 5.30. The van der Waals surface area contributed by atoms with Gasteiger partial charge in [0.05, 0.1) is 17.7 Å². The molecule has 3 rings (SSSR count). The van der Waals surface area contributed by atoms with Gasteiger partial charge in [0.1, 0.15) is 10.6 Å². The fourth-order valence-electron chi connectivity index (χ4n) is 2.59. The van der Waals surface area contributed by atoms with E-state index in [2.05, 4.69) is 6.58 Å². The fourth-order valence-corrected chi connectivity index (χ4v) is 4.41. The summed E-state index contributed by atoms with van der Waals surface area (Å²) in [5, 5.41) is 1.39. The van der Waals surface area contributed by atoms with Crippen LogP contribution in [-0.2, 0) is 0 Å². The van der Waals surface area contributed by atoms with Crippen molar-refractivity contribution in [1.29, 1.82) is 0 Å². The normalized spacial score (nSPS) is 11.0. The highest BCUT2D eigenvalue weighted by atomic mass is 32.2. The first kappa shape index (κ1) is 17.8. The lowest BCUT2D eigenvalue weighted by atomic mass is 10.2. The van der Waals surface area contributed by atoms with Crippen LogP contribution in [0.2, 0.25) is 0 Å². The molecule has 0 aliphatic carbocycles. The van der Waals surface area contributed by atoms with Gasteiger partial charge in [0.25, 0.3) is 5.56 Å². The Balaban J connectivity index is 2.22. The van der Waals surface area contributed by atoms with Crippen LogP contribution in [0.1, 0.15) is 17.4 Å². The molecule has 0 unspecified atom stereocenters. The molecular weight excluding hydrogens is 352 g/mol. The van der Waals surface area contributed by atoms with Crippen molar-refractivity contribution >= 4 is 33.3 Å². The molecule has 2 heterocycles. The maximum absolute atomic E-state index is 13.2. The minimum absolute atomic E-state index is 0.0254. The average Bonchev–Trinajstić information content (AvgIpc) is 2.89. The number of benzene rings is 1. The Bertz CT molecular complexity index is 972. The van der Waals surface area contributed by atoms with Gasteiger partial charge in [-0.3, -0.25) is 9.36 Å². The van der Waals surface area contributed by atoms with Crippen LogP contribution in [0.25, 0.3) is 15.9 Å². The van der Waals surface area contributed by atoms with Crippen LogP contribution < -0.4 is 10.3 Å². The number of rotatable bonds is 6. The molecule has 0 aliphatic rings. The summed E-state index contributed by atoms with van der Waals surface area (Å²) in [7, 11) is 0. The quantitative estimate of drug-likeness (QED) is 0.356. The molecule has 0 saturated heterocycles. The van der Waals surface area contributed by atoms with Gasteiger partial charge in [-0.1, -0.05) is 17.8 Å². The van der Waals surface area contributed by atoms with Gasteiger partial charge in [0, 0.05) is 10.6 Å². The maximum atomic E-state index is 13.2. The molecule has 0 amide bonds. The monoisotopic (exact) mass is 372 g/mol. The SMILES string of the molecule is C=CCSc1nc2sc(C)c(C)c2c(=O)n1-c1ccc(OCC)cc1. The van der Waals surface area contributed by atoms with Crippen molar-refractivity contribution in [3.63, 3.8) is 0 Å². The fraction of sp³-hybridized carbons (Fsp3) is 0.263. The number of thiophene rings is 1. The molecule has 6 heteroatoms. The van der Waals surface area contributed by atoms with Gasteiger partial charge >= 0.3 is 0 Å². The van der Waals surface area contributed by atoms with Crippen LogP contribution in [-0.4, -0.2) is 21.9 Å². The van der Waals surface area contributed by atoms with E-state index in [1.807, 2.05) is 51.1 Å². The van der Waals surface area contributed by atoms with E-state index in [4.69, 9.17) is 9.72 Å². The topological polar surface area (TPSA) is 44.1 Å². The number of thioether (sulfide) groups is 1. The van der Waals surface area contributed by atoms with Crippen LogP contribution in [0.4, 0.5) is 0 Å². The molecule has 0 spiro atoms. The lowest BCUT2D eigenvalue weighted by Crippen LogP contribution is -2.21. The van der Waals surface area contributed by atoms with E-state index in [0.717, 1.165) is 26.7 Å². The summed E-state index contributed by atoms with van der Waals surface area (Å²) in [6.45, 7) is 10.3. The highest BCUT2D eigenvalue weighted by molar-refractivity contribution is 7.99. The molecule has 25 heavy (non-hydrogen) atoms. The second-order valence-corrected chi connectivity index (χ2v) is 7.72. The van der Waals surface area contributed by atoms with Gasteiger partial charge in [-0.15, -0.1) is 17.9 Å². The standard InChI is InChI=1S/C19H20N2O2S2/c1-5-11-24-19-20-17-16(12(3)13(4)25-17)18(22)21(19)14-7-9-15(10-8-14)23-6-2/h5,7-10H,1,6,11H2,2-4H3. The number of ether oxygens (including phenoxy) is 1. The Labute approximate surface area is 155 Å². The third-order valence-corrected chi connectivity index (χ3v) is 5.94. The molecule has 4 nitrogen and oxygen atoms in total. The summed E-state index contributed by atoms with van der Waals surface area (Å²) in [6.07, 6.45) is 1.81. The van der Waals surface area contributed by atoms with E-state index in [0.29, 0.717) is 22.9 Å². The van der Waals surface area contributed by atoms with E-state index < -0.39 is 0 Å². The lowest BCUT2D eigenvalue weighted by Gasteiger charge is -2.12. The van der Waals surface area contributed by atoms with Crippen molar-refractivity contribution in [1.82, 2.24) is 9.55 Å². The number of aryl methyl sites for hydroxylation is 2. The molecule has 0 bridgehead atoms. The minimum atomic E-state index is -0.0254. The second-order valence-electron chi connectivity index (χ2n) is 5.52. The van der Waals surface area contributed by atoms with Crippen LogP contribution in [0.5, 0.6) is 5.75 Å². The summed E-state index contributed by atoms with van der Waals surface area (Å²) in [5.41, 5.74) is 1.78. The van der Waals surface area contributed by atoms with Crippen molar-refractivity contribution < 1.29 is 4.74 Å².